The first-order chi connectivity index (χ1) is 11.5. The molecule has 8 heteroatoms. The number of benzene rings is 1. The number of hydrogen-bond acceptors (Lipinski definition) is 7. The lowest BCUT2D eigenvalue weighted by molar-refractivity contribution is 0.0237. The van der Waals surface area contributed by atoms with Gasteiger partial charge in [0, 0.05) is 24.4 Å². The van der Waals surface area contributed by atoms with E-state index in [1.165, 1.54) is 13.2 Å². The van der Waals surface area contributed by atoms with Gasteiger partial charge in [-0.3, -0.25) is 0 Å². The summed E-state index contributed by atoms with van der Waals surface area (Å²) < 4.78 is 15.9. The lowest BCUT2D eigenvalue weighted by Gasteiger charge is -2.33. The number of anilines is 1. The Labute approximate surface area is 137 Å². The molecule has 8 nitrogen and oxygen atoms in total. The number of aliphatic imine (C=N–C) groups is 1. The molecule has 1 aromatic heterocycles. The molecule has 24 heavy (non-hydrogen) atoms. The number of carboxylic acid groups (broad SMARTS) is 1. The molecule has 0 saturated carbocycles. The standard InChI is InChI=1S/C16H17N3O5/c1-22-15-17-6-5-16(19-15,23-2)9-18-11-3-4-12-10(7-11)8-13(24-12)14(20)21/h3-8,18H,9H2,1-2H3,(H,17,19)(H,20,21). The minimum absolute atomic E-state index is 0.0895. The summed E-state index contributed by atoms with van der Waals surface area (Å²) in [4.78, 5) is 15.0. The van der Waals surface area contributed by atoms with Crippen molar-refractivity contribution >= 4 is 28.6 Å². The van der Waals surface area contributed by atoms with Crippen LogP contribution in [-0.4, -0.2) is 43.6 Å². The fourth-order valence-corrected chi connectivity index (χ4v) is 2.37. The Morgan fingerprint density at radius 3 is 2.96 bits per heavy atom. The number of methoxy groups -OCH3 is 2. The molecule has 0 amide bonds. The molecule has 3 N–H and O–H groups in total. The molecule has 1 unspecified atom stereocenters. The van der Waals surface area contributed by atoms with Crippen molar-refractivity contribution in [1.29, 1.82) is 0 Å². The van der Waals surface area contributed by atoms with Crippen molar-refractivity contribution in [3.63, 3.8) is 0 Å². The third kappa shape index (κ3) is 3.04. The molecule has 126 valence electrons. The van der Waals surface area contributed by atoms with Crippen molar-refractivity contribution in [2.75, 3.05) is 26.1 Å². The molecule has 0 fully saturated rings. The van der Waals surface area contributed by atoms with Crippen LogP contribution in [0.3, 0.4) is 0 Å². The summed E-state index contributed by atoms with van der Waals surface area (Å²) >= 11 is 0. The van der Waals surface area contributed by atoms with E-state index in [0.29, 0.717) is 23.5 Å². The normalized spacial score (nSPS) is 19.7. The van der Waals surface area contributed by atoms with Crippen molar-refractivity contribution in [2.24, 2.45) is 4.99 Å². The second-order valence-electron chi connectivity index (χ2n) is 5.19. The van der Waals surface area contributed by atoms with E-state index in [1.807, 2.05) is 6.07 Å². The van der Waals surface area contributed by atoms with Gasteiger partial charge in [0.25, 0.3) is 6.02 Å². The number of hydrogen-bond donors (Lipinski definition) is 3. The minimum Gasteiger partial charge on any atom is -0.475 e. The quantitative estimate of drug-likeness (QED) is 0.769. The maximum absolute atomic E-state index is 11.0. The molecule has 0 bridgehead atoms. The second kappa shape index (κ2) is 6.25. The summed E-state index contributed by atoms with van der Waals surface area (Å²) in [5.41, 5.74) is 0.516. The highest BCUT2D eigenvalue weighted by Gasteiger charge is 2.30. The molecule has 0 spiro atoms. The maximum atomic E-state index is 11.0. The molecule has 0 saturated heterocycles. The monoisotopic (exact) mass is 331 g/mol. The first kappa shape index (κ1) is 15.9. The van der Waals surface area contributed by atoms with Crippen LogP contribution in [0.2, 0.25) is 0 Å². The zero-order chi connectivity index (χ0) is 17.2. The molecule has 2 heterocycles. The largest absolute Gasteiger partial charge is 0.475 e. The molecule has 1 atom stereocenters. The van der Waals surface area contributed by atoms with Gasteiger partial charge < -0.3 is 29.6 Å². The number of fused-ring (bicyclic) bond motifs is 1. The zero-order valence-electron chi connectivity index (χ0n) is 13.2. The van der Waals surface area contributed by atoms with Gasteiger partial charge in [-0.2, -0.15) is 0 Å². The Bertz CT molecular complexity index is 826. The predicted molar refractivity (Wildman–Crippen MR) is 88.1 cm³/mol. The number of carbonyl (C=O) groups is 1. The van der Waals surface area contributed by atoms with E-state index in [-0.39, 0.29) is 5.76 Å². The maximum Gasteiger partial charge on any atom is 0.371 e. The summed E-state index contributed by atoms with van der Waals surface area (Å²) in [6, 6.07) is 7.18. The minimum atomic E-state index is -1.10. The molecule has 1 aliphatic rings. The smallest absolute Gasteiger partial charge is 0.371 e. The van der Waals surface area contributed by atoms with Crippen LogP contribution < -0.4 is 10.6 Å². The van der Waals surface area contributed by atoms with Gasteiger partial charge in [-0.15, -0.1) is 0 Å². The van der Waals surface area contributed by atoms with Gasteiger partial charge in [-0.1, -0.05) is 0 Å². The van der Waals surface area contributed by atoms with Crippen molar-refractivity contribution in [3.05, 3.63) is 42.3 Å². The number of aromatic carboxylic acids is 1. The lowest BCUT2D eigenvalue weighted by Crippen LogP contribution is -2.54. The number of carboxylic acids is 1. The lowest BCUT2D eigenvalue weighted by atomic mass is 10.1. The van der Waals surface area contributed by atoms with E-state index in [9.17, 15) is 4.79 Å². The Morgan fingerprint density at radius 1 is 1.42 bits per heavy atom. The van der Waals surface area contributed by atoms with Crippen LogP contribution in [0.5, 0.6) is 0 Å². The SMILES string of the molecule is COC1=NC=CC(CNc2ccc3oc(C(=O)O)cc3c2)(OC)N1. The van der Waals surface area contributed by atoms with Crippen LogP contribution in [0.4, 0.5) is 5.69 Å². The van der Waals surface area contributed by atoms with Crippen LogP contribution in [0.25, 0.3) is 11.0 Å². The molecule has 2 aromatic rings. The highest BCUT2D eigenvalue weighted by molar-refractivity contribution is 5.92. The number of rotatable bonds is 5. The zero-order valence-corrected chi connectivity index (χ0v) is 13.2. The molecule has 3 rings (SSSR count). The first-order valence-corrected chi connectivity index (χ1v) is 7.19. The molecule has 0 aliphatic carbocycles. The van der Waals surface area contributed by atoms with Crippen LogP contribution in [-0.2, 0) is 9.47 Å². The van der Waals surface area contributed by atoms with Gasteiger partial charge in [-0.25, -0.2) is 9.79 Å². The Morgan fingerprint density at radius 2 is 2.25 bits per heavy atom. The fraction of sp³-hybridized carbons (Fsp3) is 0.250. The van der Waals surface area contributed by atoms with Crippen LogP contribution >= 0.6 is 0 Å². The first-order valence-electron chi connectivity index (χ1n) is 7.19. The molecule has 0 radical (unpaired) electrons. The van der Waals surface area contributed by atoms with Crippen LogP contribution in [0.1, 0.15) is 10.6 Å². The highest BCUT2D eigenvalue weighted by atomic mass is 16.5. The average Bonchev–Trinajstić information content (AvgIpc) is 3.04. The van der Waals surface area contributed by atoms with Gasteiger partial charge in [0.05, 0.1) is 13.7 Å². The van der Waals surface area contributed by atoms with E-state index in [2.05, 4.69) is 15.6 Å². The van der Waals surface area contributed by atoms with Crippen molar-refractivity contribution in [2.45, 2.75) is 5.72 Å². The predicted octanol–water partition coefficient (Wildman–Crippen LogP) is 2.00. The van der Waals surface area contributed by atoms with Gasteiger partial charge in [0.1, 0.15) is 5.58 Å². The summed E-state index contributed by atoms with van der Waals surface area (Å²) in [7, 11) is 3.10. The molecule has 1 aromatic carbocycles. The van der Waals surface area contributed by atoms with Gasteiger partial charge in [0.15, 0.2) is 5.72 Å². The Balaban J connectivity index is 1.76. The summed E-state index contributed by atoms with van der Waals surface area (Å²) in [6.45, 7) is 0.400. The fourth-order valence-electron chi connectivity index (χ4n) is 2.37. The number of furan rings is 1. The van der Waals surface area contributed by atoms with Crippen molar-refractivity contribution in [1.82, 2.24) is 5.32 Å². The van der Waals surface area contributed by atoms with Crippen molar-refractivity contribution in [3.8, 4) is 0 Å². The Kier molecular flexibility index (Phi) is 4.13. The third-order valence-corrected chi connectivity index (χ3v) is 3.69. The van der Waals surface area contributed by atoms with Crippen LogP contribution in [0, 0.1) is 0 Å². The number of amidine groups is 1. The van der Waals surface area contributed by atoms with E-state index in [0.717, 1.165) is 5.69 Å². The molecular formula is C16H17N3O5. The van der Waals surface area contributed by atoms with Crippen molar-refractivity contribution < 1.29 is 23.8 Å². The topological polar surface area (TPSA) is 105 Å². The highest BCUT2D eigenvalue weighted by Crippen LogP contribution is 2.24. The summed E-state index contributed by atoms with van der Waals surface area (Å²) in [6.07, 6.45) is 3.39. The Hall–Kier alpha value is -3.00. The number of nitrogens with one attached hydrogen (secondary N) is 2. The molecule has 1 aliphatic heterocycles. The van der Waals surface area contributed by atoms with Crippen LogP contribution in [0.15, 0.2) is 46.0 Å². The average molecular weight is 331 g/mol. The van der Waals surface area contributed by atoms with Gasteiger partial charge in [-0.05, 0) is 30.3 Å². The second-order valence-corrected chi connectivity index (χ2v) is 5.19. The molecular weight excluding hydrogens is 314 g/mol. The summed E-state index contributed by atoms with van der Waals surface area (Å²) in [5.74, 6) is -1.18. The number of nitrogens with zero attached hydrogens (tertiary/aromatic N) is 1. The third-order valence-electron chi connectivity index (χ3n) is 3.69. The van der Waals surface area contributed by atoms with E-state index >= 15 is 0 Å². The van der Waals surface area contributed by atoms with E-state index in [4.69, 9.17) is 19.0 Å². The van der Waals surface area contributed by atoms with E-state index < -0.39 is 11.7 Å². The summed E-state index contributed by atoms with van der Waals surface area (Å²) in [5, 5.41) is 16.0. The number of ether oxygens (including phenoxy) is 2. The van der Waals surface area contributed by atoms with Gasteiger partial charge in [0.2, 0.25) is 5.76 Å². The van der Waals surface area contributed by atoms with E-state index in [1.54, 1.807) is 31.5 Å². The van der Waals surface area contributed by atoms with Gasteiger partial charge >= 0.3 is 5.97 Å².